The van der Waals surface area contributed by atoms with Crippen molar-refractivity contribution in [3.63, 3.8) is 0 Å². The van der Waals surface area contributed by atoms with Gasteiger partial charge in [-0.3, -0.25) is 14.3 Å². The van der Waals surface area contributed by atoms with E-state index >= 15 is 0 Å². The molecule has 0 aliphatic rings. The van der Waals surface area contributed by atoms with E-state index in [1.165, 1.54) is 16.2 Å². The SMILES string of the molecule is Cc1ccc(OC[C@H](O)Cn2c(NC[C@H](C)O)nc3c2c(=O)[nH]c(=O)n3C)cc1C. The van der Waals surface area contributed by atoms with Crippen LogP contribution >= 0.6 is 0 Å². The monoisotopic (exact) mass is 417 g/mol. The summed E-state index contributed by atoms with van der Waals surface area (Å²) in [7, 11) is 1.50. The van der Waals surface area contributed by atoms with Crippen LogP contribution in [0.25, 0.3) is 11.2 Å². The Morgan fingerprint density at radius 3 is 2.63 bits per heavy atom. The van der Waals surface area contributed by atoms with Crippen LogP contribution in [0.5, 0.6) is 5.75 Å². The fourth-order valence-electron chi connectivity index (χ4n) is 3.05. The standard InChI is InChI=1S/C20H27N5O5/c1-11-5-6-15(7-12(11)2)30-10-14(27)9-25-16-17(22-19(25)21-8-13(3)26)24(4)20(29)23-18(16)28/h5-7,13-14,26-27H,8-10H2,1-4H3,(H,21,22)(H,23,28,29)/t13-,14+/m0/s1. The summed E-state index contributed by atoms with van der Waals surface area (Å²) < 4.78 is 8.40. The number of ether oxygens (including phenoxy) is 1. The lowest BCUT2D eigenvalue weighted by Crippen LogP contribution is -2.31. The van der Waals surface area contributed by atoms with Crippen molar-refractivity contribution in [2.45, 2.75) is 39.5 Å². The minimum absolute atomic E-state index is 0.00167. The van der Waals surface area contributed by atoms with Gasteiger partial charge in [-0.15, -0.1) is 0 Å². The molecule has 10 nitrogen and oxygen atoms in total. The molecule has 2 atom stereocenters. The highest BCUT2D eigenvalue weighted by atomic mass is 16.5. The van der Waals surface area contributed by atoms with Gasteiger partial charge in [-0.1, -0.05) is 6.07 Å². The number of aromatic amines is 1. The molecule has 162 valence electrons. The average Bonchev–Trinajstić information content (AvgIpc) is 3.04. The Morgan fingerprint density at radius 1 is 1.23 bits per heavy atom. The maximum absolute atomic E-state index is 12.4. The van der Waals surface area contributed by atoms with E-state index in [-0.39, 0.29) is 36.8 Å². The van der Waals surface area contributed by atoms with Crippen LogP contribution in [0, 0.1) is 13.8 Å². The lowest BCUT2D eigenvalue weighted by Gasteiger charge is -2.16. The van der Waals surface area contributed by atoms with Crippen molar-refractivity contribution in [3.8, 4) is 5.75 Å². The molecular weight excluding hydrogens is 390 g/mol. The number of aliphatic hydroxyl groups excluding tert-OH is 2. The van der Waals surface area contributed by atoms with Crippen molar-refractivity contribution < 1.29 is 14.9 Å². The molecule has 0 bridgehead atoms. The van der Waals surface area contributed by atoms with Gasteiger partial charge in [-0.05, 0) is 44.0 Å². The first-order valence-corrected chi connectivity index (χ1v) is 9.67. The van der Waals surface area contributed by atoms with E-state index in [0.29, 0.717) is 5.75 Å². The molecule has 2 heterocycles. The van der Waals surface area contributed by atoms with E-state index in [9.17, 15) is 19.8 Å². The molecule has 0 aliphatic carbocycles. The van der Waals surface area contributed by atoms with Crippen LogP contribution in [-0.2, 0) is 13.6 Å². The van der Waals surface area contributed by atoms with Crippen LogP contribution in [0.4, 0.5) is 5.95 Å². The summed E-state index contributed by atoms with van der Waals surface area (Å²) in [6, 6.07) is 5.67. The van der Waals surface area contributed by atoms with Crippen LogP contribution in [0.2, 0.25) is 0 Å². The number of nitrogens with one attached hydrogen (secondary N) is 2. The first-order valence-electron chi connectivity index (χ1n) is 9.67. The number of anilines is 1. The minimum Gasteiger partial charge on any atom is -0.491 e. The molecule has 0 radical (unpaired) electrons. The number of H-pyrrole nitrogens is 1. The van der Waals surface area contributed by atoms with Crippen molar-refractivity contribution in [3.05, 3.63) is 50.2 Å². The van der Waals surface area contributed by atoms with Crippen LogP contribution < -0.4 is 21.3 Å². The van der Waals surface area contributed by atoms with Gasteiger partial charge in [0.2, 0.25) is 5.95 Å². The van der Waals surface area contributed by atoms with Gasteiger partial charge in [0.05, 0.1) is 12.6 Å². The van der Waals surface area contributed by atoms with E-state index in [2.05, 4.69) is 15.3 Å². The molecule has 0 saturated heterocycles. The quantitative estimate of drug-likeness (QED) is 0.413. The van der Waals surface area contributed by atoms with Gasteiger partial charge in [-0.25, -0.2) is 4.79 Å². The number of aromatic nitrogens is 4. The molecule has 3 aromatic rings. The molecule has 4 N–H and O–H groups in total. The minimum atomic E-state index is -0.951. The molecule has 0 saturated carbocycles. The number of imidazole rings is 1. The summed E-state index contributed by atoms with van der Waals surface area (Å²) in [5, 5.41) is 23.1. The number of aryl methyl sites for hydroxylation is 3. The third kappa shape index (κ3) is 4.55. The second kappa shape index (κ2) is 8.72. The maximum Gasteiger partial charge on any atom is 0.329 e. The first-order chi connectivity index (χ1) is 14.2. The summed E-state index contributed by atoms with van der Waals surface area (Å²) in [5.74, 6) is 0.906. The van der Waals surface area contributed by atoms with E-state index in [0.717, 1.165) is 11.1 Å². The lowest BCUT2D eigenvalue weighted by atomic mass is 10.1. The van der Waals surface area contributed by atoms with Gasteiger partial charge in [0, 0.05) is 13.6 Å². The lowest BCUT2D eigenvalue weighted by molar-refractivity contribution is 0.0937. The van der Waals surface area contributed by atoms with Crippen molar-refractivity contribution >= 4 is 17.1 Å². The molecule has 0 amide bonds. The Bertz CT molecular complexity index is 1160. The number of fused-ring (bicyclic) bond motifs is 1. The Hall–Kier alpha value is -3.11. The Morgan fingerprint density at radius 2 is 1.97 bits per heavy atom. The Balaban J connectivity index is 1.87. The van der Waals surface area contributed by atoms with Gasteiger partial charge in [-0.2, -0.15) is 4.98 Å². The van der Waals surface area contributed by atoms with Crippen LogP contribution in [0.15, 0.2) is 27.8 Å². The van der Waals surface area contributed by atoms with Crippen LogP contribution in [-0.4, -0.2) is 54.7 Å². The highest BCUT2D eigenvalue weighted by molar-refractivity contribution is 5.74. The largest absolute Gasteiger partial charge is 0.491 e. The highest BCUT2D eigenvalue weighted by Gasteiger charge is 2.20. The van der Waals surface area contributed by atoms with Gasteiger partial charge < -0.3 is 24.8 Å². The summed E-state index contributed by atoms with van der Waals surface area (Å²) in [5.41, 5.74) is 1.37. The van der Waals surface area contributed by atoms with Gasteiger partial charge >= 0.3 is 5.69 Å². The molecule has 30 heavy (non-hydrogen) atoms. The second-order valence-electron chi connectivity index (χ2n) is 7.48. The number of rotatable bonds is 8. The number of benzene rings is 1. The predicted octanol–water partition coefficient (Wildman–Crippen LogP) is 0.273. The van der Waals surface area contributed by atoms with Crippen LogP contribution in [0.3, 0.4) is 0 Å². The Labute approximate surface area is 172 Å². The zero-order valence-corrected chi connectivity index (χ0v) is 17.5. The molecule has 10 heteroatoms. The van der Waals surface area contributed by atoms with Crippen molar-refractivity contribution in [2.24, 2.45) is 7.05 Å². The van der Waals surface area contributed by atoms with E-state index in [1.807, 2.05) is 32.0 Å². The summed E-state index contributed by atoms with van der Waals surface area (Å²) in [4.78, 5) is 30.9. The molecule has 1 aromatic carbocycles. The van der Waals surface area contributed by atoms with Gasteiger partial charge in [0.15, 0.2) is 11.2 Å². The normalized spacial score (nSPS) is 13.4. The fraction of sp³-hybridized carbons (Fsp3) is 0.450. The molecule has 0 spiro atoms. The molecule has 0 aliphatic heterocycles. The molecule has 3 rings (SSSR count). The zero-order chi connectivity index (χ0) is 22.0. The zero-order valence-electron chi connectivity index (χ0n) is 17.5. The summed E-state index contributed by atoms with van der Waals surface area (Å²) in [6.07, 6.45) is -1.61. The topological polar surface area (TPSA) is 134 Å². The van der Waals surface area contributed by atoms with Gasteiger partial charge in [0.1, 0.15) is 18.5 Å². The van der Waals surface area contributed by atoms with Crippen molar-refractivity contribution in [1.82, 2.24) is 19.1 Å². The Kier molecular flexibility index (Phi) is 6.28. The molecule has 0 unspecified atom stereocenters. The third-order valence-corrected chi connectivity index (χ3v) is 4.88. The van der Waals surface area contributed by atoms with Crippen molar-refractivity contribution in [2.75, 3.05) is 18.5 Å². The summed E-state index contributed by atoms with van der Waals surface area (Å²) >= 11 is 0. The number of nitrogens with zero attached hydrogens (tertiary/aromatic N) is 3. The van der Waals surface area contributed by atoms with Crippen molar-refractivity contribution in [1.29, 1.82) is 0 Å². The molecule has 0 fully saturated rings. The molecular formula is C20H27N5O5. The smallest absolute Gasteiger partial charge is 0.329 e. The van der Waals surface area contributed by atoms with E-state index in [4.69, 9.17) is 4.74 Å². The number of aliphatic hydroxyl groups is 2. The first kappa shape index (κ1) is 21.6. The van der Waals surface area contributed by atoms with E-state index < -0.39 is 23.5 Å². The van der Waals surface area contributed by atoms with Gasteiger partial charge in [0.25, 0.3) is 5.56 Å². The average molecular weight is 417 g/mol. The number of hydrogen-bond donors (Lipinski definition) is 4. The predicted molar refractivity (Wildman–Crippen MR) is 113 cm³/mol. The number of hydrogen-bond acceptors (Lipinski definition) is 7. The second-order valence-corrected chi connectivity index (χ2v) is 7.48. The van der Waals surface area contributed by atoms with Crippen LogP contribution in [0.1, 0.15) is 18.1 Å². The maximum atomic E-state index is 12.4. The summed E-state index contributed by atoms with van der Waals surface area (Å²) in [6.45, 7) is 5.78. The highest BCUT2D eigenvalue weighted by Crippen LogP contribution is 2.18. The fourth-order valence-corrected chi connectivity index (χ4v) is 3.05. The van der Waals surface area contributed by atoms with E-state index in [1.54, 1.807) is 6.92 Å². The third-order valence-electron chi connectivity index (χ3n) is 4.88. The molecule has 2 aromatic heterocycles.